The maximum absolute atomic E-state index is 4.43. The molecule has 1 heterocycles. The molecule has 0 aliphatic carbocycles. The van der Waals surface area contributed by atoms with Crippen LogP contribution < -0.4 is 5.32 Å². The molecule has 0 amide bonds. The first kappa shape index (κ1) is 15.7. The molecule has 1 atom stereocenters. The summed E-state index contributed by atoms with van der Waals surface area (Å²) in [5, 5.41) is 3.63. The van der Waals surface area contributed by atoms with E-state index in [-0.39, 0.29) is 0 Å². The predicted molar refractivity (Wildman–Crippen MR) is 89.6 cm³/mol. The summed E-state index contributed by atoms with van der Waals surface area (Å²) in [4.78, 5) is 4.43. The van der Waals surface area contributed by atoms with Crippen LogP contribution in [0.4, 0.5) is 0 Å². The highest BCUT2D eigenvalue weighted by Gasteiger charge is 2.12. The maximum Gasteiger partial charge on any atom is 0.0404 e. The molecule has 1 aromatic carbocycles. The summed E-state index contributed by atoms with van der Waals surface area (Å²) in [6.45, 7) is 7.62. The summed E-state index contributed by atoms with van der Waals surface area (Å²) in [7, 11) is 0. The van der Waals surface area contributed by atoms with Gasteiger partial charge in [-0.15, -0.1) is 0 Å². The van der Waals surface area contributed by atoms with Crippen molar-refractivity contribution in [2.45, 2.75) is 46.1 Å². The molecule has 0 saturated heterocycles. The van der Waals surface area contributed by atoms with Crippen LogP contribution in [-0.4, -0.2) is 17.6 Å². The lowest BCUT2D eigenvalue weighted by Gasteiger charge is -2.20. The van der Waals surface area contributed by atoms with Gasteiger partial charge in [-0.3, -0.25) is 4.98 Å². The minimum absolute atomic E-state index is 0.511. The standard InChI is InChI=1S/C19H26N2/c1-4-20-18(12-11-17-10-5-6-13-21-17)14-19-15(2)8-7-9-16(19)3/h5-10,13,18,20H,4,11-12,14H2,1-3H3. The first-order valence-electron chi connectivity index (χ1n) is 7.89. The van der Waals surface area contributed by atoms with Crippen LogP contribution in [0.25, 0.3) is 0 Å². The van der Waals surface area contributed by atoms with Crippen LogP contribution in [-0.2, 0) is 12.8 Å². The molecular formula is C19H26N2. The van der Waals surface area contributed by atoms with E-state index in [9.17, 15) is 0 Å². The van der Waals surface area contributed by atoms with Crippen LogP contribution in [0.5, 0.6) is 0 Å². The number of hydrogen-bond acceptors (Lipinski definition) is 2. The molecule has 0 saturated carbocycles. The number of likely N-dealkylation sites (N-methyl/N-ethyl adjacent to an activating group) is 1. The highest BCUT2D eigenvalue weighted by Crippen LogP contribution is 2.17. The molecule has 2 heteroatoms. The van der Waals surface area contributed by atoms with Crippen molar-refractivity contribution in [1.82, 2.24) is 10.3 Å². The van der Waals surface area contributed by atoms with E-state index in [0.717, 1.165) is 25.8 Å². The van der Waals surface area contributed by atoms with Crippen LogP contribution in [0, 0.1) is 13.8 Å². The van der Waals surface area contributed by atoms with E-state index in [0.29, 0.717) is 6.04 Å². The van der Waals surface area contributed by atoms with Gasteiger partial charge in [-0.25, -0.2) is 0 Å². The second-order valence-electron chi connectivity index (χ2n) is 5.69. The second kappa shape index (κ2) is 7.94. The molecular weight excluding hydrogens is 256 g/mol. The van der Waals surface area contributed by atoms with Crippen molar-refractivity contribution in [3.05, 3.63) is 65.0 Å². The lowest BCUT2D eigenvalue weighted by Crippen LogP contribution is -2.32. The van der Waals surface area contributed by atoms with Gasteiger partial charge in [0.05, 0.1) is 0 Å². The Morgan fingerprint density at radius 1 is 1.05 bits per heavy atom. The summed E-state index contributed by atoms with van der Waals surface area (Å²) >= 11 is 0. The molecule has 21 heavy (non-hydrogen) atoms. The minimum atomic E-state index is 0.511. The zero-order chi connectivity index (χ0) is 15.1. The summed E-state index contributed by atoms with van der Waals surface area (Å²) in [5.41, 5.74) is 5.47. The second-order valence-corrected chi connectivity index (χ2v) is 5.69. The van der Waals surface area contributed by atoms with E-state index < -0.39 is 0 Å². The van der Waals surface area contributed by atoms with Gasteiger partial charge in [-0.2, -0.15) is 0 Å². The van der Waals surface area contributed by atoms with Crippen molar-refractivity contribution in [3.63, 3.8) is 0 Å². The lowest BCUT2D eigenvalue weighted by atomic mass is 9.94. The molecule has 0 bridgehead atoms. The molecule has 2 rings (SSSR count). The van der Waals surface area contributed by atoms with Crippen molar-refractivity contribution >= 4 is 0 Å². The molecule has 1 N–H and O–H groups in total. The third-order valence-electron chi connectivity index (χ3n) is 4.06. The Hall–Kier alpha value is -1.67. The number of pyridine rings is 1. The Morgan fingerprint density at radius 3 is 2.43 bits per heavy atom. The van der Waals surface area contributed by atoms with Crippen LogP contribution >= 0.6 is 0 Å². The topological polar surface area (TPSA) is 24.9 Å². The smallest absolute Gasteiger partial charge is 0.0404 e. The molecule has 1 aromatic heterocycles. The SMILES string of the molecule is CCNC(CCc1ccccn1)Cc1c(C)cccc1C. The Balaban J connectivity index is 2.02. The molecule has 1 unspecified atom stereocenters. The zero-order valence-corrected chi connectivity index (χ0v) is 13.4. The van der Waals surface area contributed by atoms with Gasteiger partial charge in [0.15, 0.2) is 0 Å². The van der Waals surface area contributed by atoms with Crippen molar-refractivity contribution in [3.8, 4) is 0 Å². The van der Waals surface area contributed by atoms with Gasteiger partial charge in [-0.05, 0) is 68.5 Å². The van der Waals surface area contributed by atoms with E-state index in [1.54, 1.807) is 0 Å². The molecule has 0 aliphatic heterocycles. The van der Waals surface area contributed by atoms with Crippen molar-refractivity contribution in [2.75, 3.05) is 6.54 Å². The van der Waals surface area contributed by atoms with E-state index in [1.165, 1.54) is 22.4 Å². The third-order valence-corrected chi connectivity index (χ3v) is 4.06. The zero-order valence-electron chi connectivity index (χ0n) is 13.4. The van der Waals surface area contributed by atoms with Gasteiger partial charge in [0.25, 0.3) is 0 Å². The highest BCUT2D eigenvalue weighted by molar-refractivity contribution is 5.34. The fraction of sp³-hybridized carbons (Fsp3) is 0.421. The molecule has 2 nitrogen and oxygen atoms in total. The van der Waals surface area contributed by atoms with Crippen LogP contribution in [0.1, 0.15) is 35.7 Å². The van der Waals surface area contributed by atoms with Crippen molar-refractivity contribution < 1.29 is 0 Å². The molecule has 2 aromatic rings. The van der Waals surface area contributed by atoms with Gasteiger partial charge in [0.1, 0.15) is 0 Å². The number of benzene rings is 1. The lowest BCUT2D eigenvalue weighted by molar-refractivity contribution is 0.487. The third kappa shape index (κ3) is 4.68. The molecule has 0 fully saturated rings. The van der Waals surface area contributed by atoms with Gasteiger partial charge in [-0.1, -0.05) is 31.2 Å². The van der Waals surface area contributed by atoms with Crippen LogP contribution in [0.3, 0.4) is 0 Å². The fourth-order valence-electron chi connectivity index (χ4n) is 2.85. The minimum Gasteiger partial charge on any atom is -0.314 e. The first-order valence-corrected chi connectivity index (χ1v) is 7.89. The highest BCUT2D eigenvalue weighted by atomic mass is 14.9. The average molecular weight is 282 g/mol. The number of aromatic nitrogens is 1. The van der Waals surface area contributed by atoms with Gasteiger partial charge >= 0.3 is 0 Å². The van der Waals surface area contributed by atoms with Crippen LogP contribution in [0.2, 0.25) is 0 Å². The number of hydrogen-bond donors (Lipinski definition) is 1. The van der Waals surface area contributed by atoms with E-state index in [1.807, 2.05) is 12.3 Å². The molecule has 0 radical (unpaired) electrons. The normalized spacial score (nSPS) is 12.3. The van der Waals surface area contributed by atoms with Gasteiger partial charge in [0.2, 0.25) is 0 Å². The number of nitrogens with one attached hydrogen (secondary N) is 1. The summed E-state index contributed by atoms with van der Waals surface area (Å²) in [6.07, 6.45) is 5.13. The Kier molecular flexibility index (Phi) is 5.94. The van der Waals surface area contributed by atoms with Gasteiger partial charge < -0.3 is 5.32 Å². The van der Waals surface area contributed by atoms with E-state index in [4.69, 9.17) is 0 Å². The number of rotatable bonds is 7. The van der Waals surface area contributed by atoms with Crippen molar-refractivity contribution in [2.24, 2.45) is 0 Å². The number of aryl methyl sites for hydroxylation is 3. The summed E-state index contributed by atoms with van der Waals surface area (Å²) in [5.74, 6) is 0. The Labute approximate surface area is 128 Å². The predicted octanol–water partition coefficient (Wildman–Crippen LogP) is 3.85. The molecule has 112 valence electrons. The number of nitrogens with zero attached hydrogens (tertiary/aromatic N) is 1. The van der Waals surface area contributed by atoms with E-state index >= 15 is 0 Å². The molecule has 0 spiro atoms. The fourth-order valence-corrected chi connectivity index (χ4v) is 2.85. The summed E-state index contributed by atoms with van der Waals surface area (Å²) < 4.78 is 0. The quantitative estimate of drug-likeness (QED) is 0.834. The molecule has 0 aliphatic rings. The maximum atomic E-state index is 4.43. The Bertz CT molecular complexity index is 528. The average Bonchev–Trinajstić information content (AvgIpc) is 2.49. The monoisotopic (exact) mass is 282 g/mol. The van der Waals surface area contributed by atoms with E-state index in [2.05, 4.69) is 61.4 Å². The largest absolute Gasteiger partial charge is 0.314 e. The van der Waals surface area contributed by atoms with Gasteiger partial charge in [0, 0.05) is 17.9 Å². The first-order chi connectivity index (χ1) is 10.2. The summed E-state index contributed by atoms with van der Waals surface area (Å²) in [6, 6.07) is 13.2. The Morgan fingerprint density at radius 2 is 1.81 bits per heavy atom. The van der Waals surface area contributed by atoms with Crippen molar-refractivity contribution in [1.29, 1.82) is 0 Å². The van der Waals surface area contributed by atoms with Crippen LogP contribution in [0.15, 0.2) is 42.6 Å².